The van der Waals surface area contributed by atoms with E-state index in [1.807, 2.05) is 20.8 Å². The molecule has 1 aliphatic rings. The van der Waals surface area contributed by atoms with E-state index in [-0.39, 0.29) is 18.0 Å². The van der Waals surface area contributed by atoms with E-state index in [9.17, 15) is 4.79 Å². The Morgan fingerprint density at radius 2 is 2.29 bits per heavy atom. The van der Waals surface area contributed by atoms with Crippen LogP contribution in [0.2, 0.25) is 0 Å². The molecule has 0 aliphatic heterocycles. The quantitative estimate of drug-likeness (QED) is 0.784. The number of thiazole rings is 1. The molecular weight excluding hydrogens is 288 g/mol. The number of hydrogen-bond donors (Lipinski definition) is 1. The summed E-state index contributed by atoms with van der Waals surface area (Å²) in [7, 11) is 0. The van der Waals surface area contributed by atoms with Crippen LogP contribution in [0.3, 0.4) is 0 Å². The highest BCUT2D eigenvalue weighted by atomic mass is 32.1. The number of hydrogen-bond acceptors (Lipinski definition) is 6. The minimum absolute atomic E-state index is 0.141. The third-order valence-corrected chi connectivity index (χ3v) is 4.61. The number of nitrogens with zero attached hydrogens (tertiary/aromatic N) is 1. The molecule has 0 saturated heterocycles. The second-order valence-corrected chi connectivity index (χ2v) is 6.25. The number of fused-ring (bicyclic) bond motifs is 1. The van der Waals surface area contributed by atoms with E-state index < -0.39 is 0 Å². The van der Waals surface area contributed by atoms with Gasteiger partial charge in [0.15, 0.2) is 5.13 Å². The van der Waals surface area contributed by atoms with Gasteiger partial charge >= 0.3 is 5.97 Å². The van der Waals surface area contributed by atoms with E-state index in [2.05, 4.69) is 10.3 Å². The maximum atomic E-state index is 12.0. The van der Waals surface area contributed by atoms with Crippen molar-refractivity contribution in [3.63, 3.8) is 0 Å². The van der Waals surface area contributed by atoms with Crippen molar-refractivity contribution in [3.05, 3.63) is 10.6 Å². The average molecular weight is 312 g/mol. The van der Waals surface area contributed by atoms with Gasteiger partial charge < -0.3 is 14.8 Å². The number of anilines is 1. The predicted octanol–water partition coefficient (Wildman–Crippen LogP) is 2.96. The fourth-order valence-electron chi connectivity index (χ4n) is 2.54. The lowest BCUT2D eigenvalue weighted by Gasteiger charge is -2.19. The first-order valence-corrected chi connectivity index (χ1v) is 8.49. The number of nitrogens with one attached hydrogen (secondary N) is 1. The summed E-state index contributed by atoms with van der Waals surface area (Å²) in [6, 6.07) is 0. The molecule has 0 saturated carbocycles. The van der Waals surface area contributed by atoms with E-state index in [1.54, 1.807) is 11.3 Å². The number of carbonyl (C=O) groups is 1. The summed E-state index contributed by atoms with van der Waals surface area (Å²) >= 11 is 1.65. The highest BCUT2D eigenvalue weighted by Crippen LogP contribution is 2.37. The Hall–Kier alpha value is -1.14. The normalized spacial score (nSPS) is 18.9. The van der Waals surface area contributed by atoms with E-state index in [1.165, 1.54) is 4.88 Å². The summed E-state index contributed by atoms with van der Waals surface area (Å²) in [6.45, 7) is 7.72. The summed E-state index contributed by atoms with van der Waals surface area (Å²) in [4.78, 5) is 17.9. The molecule has 1 aromatic heterocycles. The molecule has 0 aromatic carbocycles. The van der Waals surface area contributed by atoms with Gasteiger partial charge in [-0.05, 0) is 40.0 Å². The molecule has 1 N–H and O–H groups in total. The van der Waals surface area contributed by atoms with Crippen LogP contribution < -0.4 is 5.32 Å². The van der Waals surface area contributed by atoms with Gasteiger partial charge in [-0.15, -0.1) is 11.3 Å². The Morgan fingerprint density at radius 1 is 1.48 bits per heavy atom. The van der Waals surface area contributed by atoms with Crippen molar-refractivity contribution < 1.29 is 14.3 Å². The van der Waals surface area contributed by atoms with Gasteiger partial charge in [0, 0.05) is 18.0 Å². The van der Waals surface area contributed by atoms with Crippen molar-refractivity contribution in [2.24, 2.45) is 0 Å². The van der Waals surface area contributed by atoms with E-state index in [0.29, 0.717) is 13.2 Å². The lowest BCUT2D eigenvalue weighted by molar-refractivity contribution is -0.145. The molecule has 0 amide bonds. The largest absolute Gasteiger partial charge is 0.465 e. The van der Waals surface area contributed by atoms with Crippen molar-refractivity contribution in [1.82, 2.24) is 4.98 Å². The number of rotatable bonds is 7. The van der Waals surface area contributed by atoms with Crippen LogP contribution in [0.1, 0.15) is 50.1 Å². The Labute approximate surface area is 130 Å². The zero-order valence-corrected chi connectivity index (χ0v) is 13.8. The summed E-state index contributed by atoms with van der Waals surface area (Å²) < 4.78 is 10.7. The SMILES string of the molecule is CCOC(=O)C1CCCc2sc(NCC(C)OCC)nc21. The molecule has 2 atom stereocenters. The molecule has 1 aromatic rings. The van der Waals surface area contributed by atoms with Gasteiger partial charge in [0.1, 0.15) is 5.92 Å². The van der Waals surface area contributed by atoms with Crippen molar-refractivity contribution in [2.75, 3.05) is 25.1 Å². The van der Waals surface area contributed by atoms with Crippen molar-refractivity contribution in [1.29, 1.82) is 0 Å². The fraction of sp³-hybridized carbons (Fsp3) is 0.733. The van der Waals surface area contributed by atoms with Crippen LogP contribution in [0.4, 0.5) is 5.13 Å². The van der Waals surface area contributed by atoms with Crippen LogP contribution in [0.25, 0.3) is 0 Å². The molecule has 21 heavy (non-hydrogen) atoms. The lowest BCUT2D eigenvalue weighted by atomic mass is 9.91. The van der Waals surface area contributed by atoms with Crippen molar-refractivity contribution >= 4 is 22.4 Å². The Bertz CT molecular complexity index is 475. The first kappa shape index (κ1) is 16.2. The lowest BCUT2D eigenvalue weighted by Crippen LogP contribution is -2.21. The first-order valence-electron chi connectivity index (χ1n) is 7.67. The van der Waals surface area contributed by atoms with Crippen LogP contribution in [0, 0.1) is 0 Å². The smallest absolute Gasteiger partial charge is 0.315 e. The minimum Gasteiger partial charge on any atom is -0.465 e. The standard InChI is InChI=1S/C15H24N2O3S/c1-4-19-10(3)9-16-15-17-13-11(14(18)20-5-2)7-6-8-12(13)21-15/h10-11H,4-9H2,1-3H3,(H,16,17). The molecule has 0 fully saturated rings. The Kier molecular flexibility index (Phi) is 5.99. The molecule has 1 aliphatic carbocycles. The van der Waals surface area contributed by atoms with Crippen LogP contribution >= 0.6 is 11.3 Å². The highest BCUT2D eigenvalue weighted by Gasteiger charge is 2.31. The van der Waals surface area contributed by atoms with Crippen molar-refractivity contribution in [3.8, 4) is 0 Å². The summed E-state index contributed by atoms with van der Waals surface area (Å²) in [5.41, 5.74) is 0.913. The Morgan fingerprint density at radius 3 is 3.00 bits per heavy atom. The van der Waals surface area contributed by atoms with Gasteiger partial charge in [0.05, 0.1) is 18.4 Å². The van der Waals surface area contributed by atoms with E-state index in [4.69, 9.17) is 9.47 Å². The molecule has 0 bridgehead atoms. The second kappa shape index (κ2) is 7.75. The van der Waals surface area contributed by atoms with Gasteiger partial charge in [0.2, 0.25) is 0 Å². The van der Waals surface area contributed by atoms with Crippen molar-refractivity contribution in [2.45, 2.75) is 52.1 Å². The number of aromatic nitrogens is 1. The van der Waals surface area contributed by atoms with E-state index >= 15 is 0 Å². The van der Waals surface area contributed by atoms with Gasteiger partial charge in [-0.25, -0.2) is 4.98 Å². The summed E-state index contributed by atoms with van der Waals surface area (Å²) in [5.74, 6) is -0.331. The number of esters is 1. The zero-order valence-electron chi connectivity index (χ0n) is 13.0. The highest BCUT2D eigenvalue weighted by molar-refractivity contribution is 7.15. The summed E-state index contributed by atoms with van der Waals surface area (Å²) in [6.07, 6.45) is 3.01. The molecule has 6 heteroatoms. The zero-order chi connectivity index (χ0) is 15.2. The van der Waals surface area contributed by atoms with Crippen LogP contribution in [-0.2, 0) is 20.7 Å². The predicted molar refractivity (Wildman–Crippen MR) is 84.0 cm³/mol. The second-order valence-electron chi connectivity index (χ2n) is 5.17. The first-order chi connectivity index (χ1) is 10.2. The van der Waals surface area contributed by atoms with Crippen LogP contribution in [-0.4, -0.2) is 36.8 Å². The molecule has 5 nitrogen and oxygen atoms in total. The molecule has 0 radical (unpaired) electrons. The third-order valence-electron chi connectivity index (χ3n) is 3.52. The fourth-order valence-corrected chi connectivity index (χ4v) is 3.61. The summed E-state index contributed by atoms with van der Waals surface area (Å²) in [5, 5.41) is 4.19. The van der Waals surface area contributed by atoms with Gasteiger partial charge in [-0.1, -0.05) is 0 Å². The number of aryl methyl sites for hydroxylation is 1. The topological polar surface area (TPSA) is 60.5 Å². The van der Waals surface area contributed by atoms with Crippen LogP contribution in [0.15, 0.2) is 0 Å². The molecule has 2 unspecified atom stereocenters. The monoisotopic (exact) mass is 312 g/mol. The number of carbonyl (C=O) groups excluding carboxylic acids is 1. The Balaban J connectivity index is 2.03. The van der Waals surface area contributed by atoms with Crippen LogP contribution in [0.5, 0.6) is 0 Å². The molecule has 2 rings (SSSR count). The minimum atomic E-state index is -0.190. The maximum Gasteiger partial charge on any atom is 0.315 e. The van der Waals surface area contributed by atoms with E-state index in [0.717, 1.165) is 36.6 Å². The third kappa shape index (κ3) is 4.17. The van der Waals surface area contributed by atoms with Gasteiger partial charge in [-0.3, -0.25) is 4.79 Å². The molecule has 1 heterocycles. The number of ether oxygens (including phenoxy) is 2. The maximum absolute atomic E-state index is 12.0. The average Bonchev–Trinajstić information content (AvgIpc) is 2.88. The molecule has 0 spiro atoms. The molecular formula is C15H24N2O3S. The van der Waals surface area contributed by atoms with Gasteiger partial charge in [-0.2, -0.15) is 0 Å². The van der Waals surface area contributed by atoms with Gasteiger partial charge in [0.25, 0.3) is 0 Å². The molecule has 118 valence electrons.